The van der Waals surface area contributed by atoms with Gasteiger partial charge in [0.15, 0.2) is 0 Å². The van der Waals surface area contributed by atoms with Crippen molar-refractivity contribution in [1.29, 1.82) is 0 Å². The summed E-state index contributed by atoms with van der Waals surface area (Å²) in [5.74, 6) is 0.547. The molecular weight excluding hydrogens is 202 g/mol. The first-order valence-electron chi connectivity index (χ1n) is 4.92. The van der Waals surface area contributed by atoms with Crippen molar-refractivity contribution >= 4 is 5.69 Å². The van der Waals surface area contributed by atoms with E-state index in [4.69, 9.17) is 11.5 Å². The van der Waals surface area contributed by atoms with Gasteiger partial charge in [0.05, 0.1) is 6.04 Å². The molecule has 0 aliphatic heterocycles. The van der Waals surface area contributed by atoms with E-state index in [0.717, 1.165) is 11.1 Å². The summed E-state index contributed by atoms with van der Waals surface area (Å²) in [4.78, 5) is 12.3. The Bertz CT molecular complexity index is 480. The van der Waals surface area contributed by atoms with Crippen LogP contribution in [0.5, 0.6) is 0 Å². The van der Waals surface area contributed by atoms with Crippen LogP contribution in [0.15, 0.2) is 30.9 Å². The van der Waals surface area contributed by atoms with Crippen LogP contribution in [0.25, 0.3) is 0 Å². The van der Waals surface area contributed by atoms with Gasteiger partial charge in [-0.3, -0.25) is 4.98 Å². The highest BCUT2D eigenvalue weighted by atomic mass is 14.9. The number of pyridine rings is 1. The summed E-state index contributed by atoms with van der Waals surface area (Å²) < 4.78 is 0. The van der Waals surface area contributed by atoms with Crippen molar-refractivity contribution in [1.82, 2.24) is 15.0 Å². The molecule has 5 heteroatoms. The molecule has 2 aromatic heterocycles. The average Bonchev–Trinajstić information content (AvgIpc) is 2.30. The minimum Gasteiger partial charge on any atom is -0.398 e. The van der Waals surface area contributed by atoms with E-state index in [1.165, 1.54) is 0 Å². The molecule has 2 rings (SSSR count). The van der Waals surface area contributed by atoms with Gasteiger partial charge in [0.1, 0.15) is 5.82 Å². The van der Waals surface area contributed by atoms with Crippen LogP contribution in [-0.4, -0.2) is 15.0 Å². The van der Waals surface area contributed by atoms with Crippen molar-refractivity contribution in [3.63, 3.8) is 0 Å². The monoisotopic (exact) mass is 215 g/mol. The Balaban J connectivity index is 2.35. The zero-order valence-electron chi connectivity index (χ0n) is 8.96. The van der Waals surface area contributed by atoms with Crippen LogP contribution in [0.3, 0.4) is 0 Å². The topological polar surface area (TPSA) is 90.7 Å². The van der Waals surface area contributed by atoms with Crippen molar-refractivity contribution in [3.05, 3.63) is 47.8 Å². The van der Waals surface area contributed by atoms with E-state index in [9.17, 15) is 0 Å². The molecule has 1 unspecified atom stereocenters. The second kappa shape index (κ2) is 4.24. The minimum atomic E-state index is -0.436. The quantitative estimate of drug-likeness (QED) is 0.773. The van der Waals surface area contributed by atoms with E-state index in [0.29, 0.717) is 11.5 Å². The van der Waals surface area contributed by atoms with E-state index in [2.05, 4.69) is 15.0 Å². The predicted molar refractivity (Wildman–Crippen MR) is 61.4 cm³/mol. The zero-order chi connectivity index (χ0) is 11.5. The molecule has 0 bridgehead atoms. The number of nitrogens with two attached hydrogens (primary N) is 2. The molecule has 1 atom stereocenters. The second-order valence-corrected chi connectivity index (χ2v) is 3.60. The van der Waals surface area contributed by atoms with E-state index in [1.54, 1.807) is 30.9 Å². The number of nitrogens with zero attached hydrogens (tertiary/aromatic N) is 3. The smallest absolute Gasteiger partial charge is 0.149 e. The van der Waals surface area contributed by atoms with Crippen molar-refractivity contribution < 1.29 is 0 Å². The summed E-state index contributed by atoms with van der Waals surface area (Å²) in [6, 6.07) is 1.28. The fraction of sp³-hybridized carbons (Fsp3) is 0.182. The summed E-state index contributed by atoms with van der Waals surface area (Å²) in [6.07, 6.45) is 6.73. The molecule has 0 amide bonds. The van der Waals surface area contributed by atoms with Gasteiger partial charge >= 0.3 is 0 Å². The maximum atomic E-state index is 6.02. The summed E-state index contributed by atoms with van der Waals surface area (Å²) in [6.45, 7) is 1.92. The predicted octanol–water partition coefficient (Wildman–Crippen LogP) is 0.810. The van der Waals surface area contributed by atoms with Crippen LogP contribution in [0.1, 0.15) is 23.0 Å². The molecule has 0 saturated carbocycles. The summed E-state index contributed by atoms with van der Waals surface area (Å²) in [5, 5.41) is 0. The Morgan fingerprint density at radius 3 is 2.50 bits per heavy atom. The van der Waals surface area contributed by atoms with Crippen molar-refractivity contribution in [3.8, 4) is 0 Å². The molecular formula is C11H13N5. The third-order valence-corrected chi connectivity index (χ3v) is 2.30. The van der Waals surface area contributed by atoms with Crippen LogP contribution < -0.4 is 11.5 Å². The summed E-state index contributed by atoms with van der Waals surface area (Å²) in [7, 11) is 0. The molecule has 5 nitrogen and oxygen atoms in total. The molecule has 82 valence electrons. The van der Waals surface area contributed by atoms with Gasteiger partial charge in [0.25, 0.3) is 0 Å². The Labute approximate surface area is 93.6 Å². The lowest BCUT2D eigenvalue weighted by atomic mass is 10.1. The third kappa shape index (κ3) is 1.99. The molecule has 2 aromatic rings. The third-order valence-electron chi connectivity index (χ3n) is 2.30. The maximum absolute atomic E-state index is 6.02. The van der Waals surface area contributed by atoms with E-state index < -0.39 is 6.04 Å². The van der Waals surface area contributed by atoms with Crippen LogP contribution >= 0.6 is 0 Å². The Kier molecular flexibility index (Phi) is 2.78. The van der Waals surface area contributed by atoms with Gasteiger partial charge in [-0.05, 0) is 18.6 Å². The van der Waals surface area contributed by atoms with Crippen molar-refractivity contribution in [2.24, 2.45) is 5.73 Å². The molecule has 0 aliphatic rings. The van der Waals surface area contributed by atoms with Gasteiger partial charge in [-0.15, -0.1) is 0 Å². The number of hydrogen-bond acceptors (Lipinski definition) is 5. The fourth-order valence-electron chi connectivity index (χ4n) is 1.38. The second-order valence-electron chi connectivity index (χ2n) is 3.60. The van der Waals surface area contributed by atoms with E-state index in [1.807, 2.05) is 6.92 Å². The number of rotatable bonds is 2. The summed E-state index contributed by atoms with van der Waals surface area (Å²) >= 11 is 0. The first-order chi connectivity index (χ1) is 7.68. The Morgan fingerprint density at radius 2 is 1.88 bits per heavy atom. The molecule has 2 heterocycles. The molecule has 0 aromatic carbocycles. The zero-order valence-corrected chi connectivity index (χ0v) is 8.96. The molecule has 0 aliphatic carbocycles. The molecule has 16 heavy (non-hydrogen) atoms. The lowest BCUT2D eigenvalue weighted by Crippen LogP contribution is -2.17. The van der Waals surface area contributed by atoms with Gasteiger partial charge in [-0.2, -0.15) is 0 Å². The Hall–Kier alpha value is -2.01. The normalized spacial score (nSPS) is 12.4. The van der Waals surface area contributed by atoms with E-state index in [-0.39, 0.29) is 0 Å². The molecule has 0 fully saturated rings. The van der Waals surface area contributed by atoms with Gasteiger partial charge < -0.3 is 11.5 Å². The van der Waals surface area contributed by atoms with Gasteiger partial charge in [-0.25, -0.2) is 9.97 Å². The van der Waals surface area contributed by atoms with Gasteiger partial charge in [0.2, 0.25) is 0 Å². The Morgan fingerprint density at radius 1 is 1.19 bits per heavy atom. The number of hydrogen-bond donors (Lipinski definition) is 2. The van der Waals surface area contributed by atoms with Crippen LogP contribution in [0.4, 0.5) is 5.69 Å². The maximum Gasteiger partial charge on any atom is 0.149 e. The molecule has 0 spiro atoms. The lowest BCUT2D eigenvalue weighted by Gasteiger charge is -2.12. The highest BCUT2D eigenvalue weighted by Crippen LogP contribution is 2.20. The van der Waals surface area contributed by atoms with Crippen molar-refractivity contribution in [2.45, 2.75) is 13.0 Å². The van der Waals surface area contributed by atoms with Crippen LogP contribution in [-0.2, 0) is 0 Å². The van der Waals surface area contributed by atoms with Crippen LogP contribution in [0, 0.1) is 6.92 Å². The standard InChI is InChI=1S/C11H13N5/c1-7-4-15-11(16-5-7)10(13)8-6-14-3-2-9(8)12/h2-6,10H,13H2,1H3,(H2,12,14). The SMILES string of the molecule is Cc1cnc(C(N)c2cnccc2N)nc1. The first kappa shape index (κ1) is 10.5. The largest absolute Gasteiger partial charge is 0.398 e. The molecule has 0 saturated heterocycles. The van der Waals surface area contributed by atoms with E-state index >= 15 is 0 Å². The van der Waals surface area contributed by atoms with Crippen molar-refractivity contribution in [2.75, 3.05) is 5.73 Å². The van der Waals surface area contributed by atoms with Gasteiger partial charge in [0, 0.05) is 36.0 Å². The number of aromatic nitrogens is 3. The van der Waals surface area contributed by atoms with Gasteiger partial charge in [-0.1, -0.05) is 0 Å². The average molecular weight is 215 g/mol. The first-order valence-corrected chi connectivity index (χ1v) is 4.92. The molecule has 0 radical (unpaired) electrons. The molecule has 4 N–H and O–H groups in total. The number of nitrogen functional groups attached to an aromatic ring is 1. The minimum absolute atomic E-state index is 0.436. The fourth-order valence-corrected chi connectivity index (χ4v) is 1.38. The lowest BCUT2D eigenvalue weighted by molar-refractivity contribution is 0.775. The highest BCUT2D eigenvalue weighted by molar-refractivity contribution is 5.47. The number of anilines is 1. The highest BCUT2D eigenvalue weighted by Gasteiger charge is 2.14. The van der Waals surface area contributed by atoms with Crippen LogP contribution in [0.2, 0.25) is 0 Å². The number of aryl methyl sites for hydroxylation is 1. The summed E-state index contributed by atoms with van der Waals surface area (Å²) in [5.41, 5.74) is 14.2.